The van der Waals surface area contributed by atoms with Crippen LogP contribution in [-0.4, -0.2) is 191 Å². The maximum Gasteiger partial charge on any atom is 0.306 e. The van der Waals surface area contributed by atoms with Crippen LogP contribution < -0.4 is 0 Å². The van der Waals surface area contributed by atoms with Gasteiger partial charge in [0.1, 0.15) is 18.8 Å². The van der Waals surface area contributed by atoms with Crippen LogP contribution in [0.5, 0.6) is 0 Å². The number of aliphatic hydroxyl groups excluding tert-OH is 4. The van der Waals surface area contributed by atoms with Gasteiger partial charge in [-0.25, -0.2) is 0 Å². The highest BCUT2D eigenvalue weighted by atomic mass is 33.1. The molecular formula is C65H128N4O10S2. The number of rotatable bonds is 59. The fraction of sp³-hybridized carbons (Fsp3) is 0.954. The highest BCUT2D eigenvalue weighted by Crippen LogP contribution is 2.23. The van der Waals surface area contributed by atoms with Crippen LogP contribution in [0.15, 0.2) is 0 Å². The summed E-state index contributed by atoms with van der Waals surface area (Å²) in [7, 11) is 3.75. The number of ether oxygens (including phenoxy) is 3. The largest absolute Gasteiger partial charge is 0.464 e. The van der Waals surface area contributed by atoms with Crippen molar-refractivity contribution in [2.45, 2.75) is 303 Å². The molecule has 0 bridgehead atoms. The van der Waals surface area contributed by atoms with Gasteiger partial charge in [-0.15, -0.1) is 0 Å². The van der Waals surface area contributed by atoms with Crippen LogP contribution in [0.3, 0.4) is 0 Å². The van der Waals surface area contributed by atoms with Gasteiger partial charge >= 0.3 is 17.9 Å². The molecule has 1 aliphatic heterocycles. The number of hydrogen-bond acceptors (Lipinski definition) is 16. The Labute approximate surface area is 505 Å². The average Bonchev–Trinajstić information content (AvgIpc) is 3.44. The van der Waals surface area contributed by atoms with E-state index in [0.29, 0.717) is 77.9 Å². The molecule has 0 aromatic heterocycles. The summed E-state index contributed by atoms with van der Waals surface area (Å²) in [6.45, 7) is 21.9. The third-order valence-electron chi connectivity index (χ3n) is 16.2. The van der Waals surface area contributed by atoms with Crippen LogP contribution >= 0.6 is 21.6 Å². The Balaban J connectivity index is 2.44. The smallest absolute Gasteiger partial charge is 0.306 e. The number of nitrogens with zero attached hydrogens (tertiary/aromatic N) is 4. The lowest BCUT2D eigenvalue weighted by Gasteiger charge is -2.34. The molecule has 1 rings (SSSR count). The van der Waals surface area contributed by atoms with Gasteiger partial charge in [0.15, 0.2) is 0 Å². The van der Waals surface area contributed by atoms with E-state index in [-0.39, 0.29) is 43.0 Å². The zero-order valence-corrected chi connectivity index (χ0v) is 54.8. The van der Waals surface area contributed by atoms with Crippen molar-refractivity contribution in [1.29, 1.82) is 0 Å². The van der Waals surface area contributed by atoms with Crippen molar-refractivity contribution in [3.05, 3.63) is 0 Å². The highest BCUT2D eigenvalue weighted by molar-refractivity contribution is 8.76. The first-order valence-electron chi connectivity index (χ1n) is 33.8. The zero-order valence-electron chi connectivity index (χ0n) is 53.2. The zero-order chi connectivity index (χ0) is 59.4. The Morgan fingerprint density at radius 3 is 1.14 bits per heavy atom. The molecule has 0 amide bonds. The third kappa shape index (κ3) is 47.6. The molecule has 0 aromatic rings. The van der Waals surface area contributed by atoms with Crippen molar-refractivity contribution >= 4 is 39.5 Å². The number of carbonyl (C=O) groups is 3. The molecule has 14 nitrogen and oxygen atoms in total. The van der Waals surface area contributed by atoms with Crippen LogP contribution in [0.2, 0.25) is 0 Å². The van der Waals surface area contributed by atoms with Crippen LogP contribution in [0.4, 0.5) is 0 Å². The first kappa shape index (κ1) is 77.8. The summed E-state index contributed by atoms with van der Waals surface area (Å²) in [5.41, 5.74) is 0. The maximum absolute atomic E-state index is 12.9. The second kappa shape index (κ2) is 55.4. The predicted octanol–water partition coefficient (Wildman–Crippen LogP) is 13.2. The van der Waals surface area contributed by atoms with Gasteiger partial charge < -0.3 is 34.6 Å². The van der Waals surface area contributed by atoms with Crippen LogP contribution in [0.25, 0.3) is 0 Å². The Hall–Kier alpha value is -1.21. The molecule has 81 heavy (non-hydrogen) atoms. The predicted molar refractivity (Wildman–Crippen MR) is 341 cm³/mol. The molecule has 1 fully saturated rings. The van der Waals surface area contributed by atoms with Crippen LogP contribution in [0, 0.1) is 0 Å². The van der Waals surface area contributed by atoms with Gasteiger partial charge in [-0.3, -0.25) is 34.0 Å². The van der Waals surface area contributed by atoms with Gasteiger partial charge in [-0.2, -0.15) is 0 Å². The Kier molecular flexibility index (Phi) is 53.2. The summed E-state index contributed by atoms with van der Waals surface area (Å²) in [6.07, 6.45) is 32.5. The SMILES string of the molecule is CCCCCCCCCCCCC(O)CN(CCCC(=O)OCCN1CCN(CCSSCCCN(CC(O)CCCC(=O)OC(CC)CC)CC(O)CCCC(=O)OC(CC)CC)CC1)CC(O)CCCCCCCCCCCC. The summed E-state index contributed by atoms with van der Waals surface area (Å²) in [5, 5.41) is 44.1. The van der Waals surface area contributed by atoms with Crippen molar-refractivity contribution in [1.82, 2.24) is 19.6 Å². The van der Waals surface area contributed by atoms with E-state index in [1.165, 1.54) is 103 Å². The standard InChI is InChI=1S/C65H128N4O10S2/c1-7-13-15-17-19-21-23-25-27-29-35-57(70)53-68(54-58(71)36-30-28-26-24-22-20-18-16-14-8-2)42-33-41-63(74)77-50-48-66-44-46-67(47-45-66)49-52-81-80-51-34-43-69(55-59(72)37-31-39-64(75)78-61(9-3)10-4)56-60(73)38-32-40-65(76)79-62(11-5)12-6/h57-62,70-73H,7-56H2,1-6H3. The molecule has 0 saturated carbocycles. The fourth-order valence-corrected chi connectivity index (χ4v) is 12.9. The quantitative estimate of drug-likeness (QED) is 0.0196. The lowest BCUT2D eigenvalue weighted by Crippen LogP contribution is -2.47. The van der Waals surface area contributed by atoms with Gasteiger partial charge in [0.2, 0.25) is 0 Å². The van der Waals surface area contributed by atoms with Gasteiger partial charge in [-0.1, -0.05) is 192 Å². The third-order valence-corrected chi connectivity index (χ3v) is 18.6. The number of carbonyl (C=O) groups excluding carboxylic acids is 3. The number of piperazine rings is 1. The van der Waals surface area contributed by atoms with E-state index in [4.69, 9.17) is 14.2 Å². The van der Waals surface area contributed by atoms with E-state index in [2.05, 4.69) is 33.4 Å². The minimum absolute atomic E-state index is 0.0572. The molecule has 0 spiro atoms. The topological polar surface area (TPSA) is 173 Å². The Morgan fingerprint density at radius 1 is 0.407 bits per heavy atom. The summed E-state index contributed by atoms with van der Waals surface area (Å²) < 4.78 is 16.8. The van der Waals surface area contributed by atoms with Crippen molar-refractivity contribution in [3.63, 3.8) is 0 Å². The van der Waals surface area contributed by atoms with Crippen LogP contribution in [-0.2, 0) is 28.6 Å². The van der Waals surface area contributed by atoms with Gasteiger partial charge in [0.05, 0.1) is 24.4 Å². The first-order chi connectivity index (χ1) is 39.3. The number of aliphatic hydroxyl groups is 4. The van der Waals surface area contributed by atoms with Crippen molar-refractivity contribution in [2.75, 3.05) is 96.6 Å². The molecule has 0 aliphatic carbocycles. The summed E-state index contributed by atoms with van der Waals surface area (Å²) >= 11 is 0. The normalized spacial score (nSPS) is 15.0. The monoisotopic (exact) mass is 1190 g/mol. The summed E-state index contributed by atoms with van der Waals surface area (Å²) in [6, 6.07) is 0. The fourth-order valence-electron chi connectivity index (χ4n) is 10.8. The molecule has 4 atom stereocenters. The molecule has 4 N–H and O–H groups in total. The Bertz CT molecular complexity index is 1360. The number of unbranched alkanes of at least 4 members (excludes halogenated alkanes) is 18. The second-order valence-corrected chi connectivity index (χ2v) is 26.4. The van der Waals surface area contributed by atoms with Gasteiger partial charge in [0, 0.05) is 96.2 Å². The lowest BCUT2D eigenvalue weighted by atomic mass is 10.0. The van der Waals surface area contributed by atoms with Crippen molar-refractivity contribution in [2.24, 2.45) is 0 Å². The number of hydrogen-bond donors (Lipinski definition) is 4. The van der Waals surface area contributed by atoms with E-state index in [1.54, 1.807) is 0 Å². The van der Waals surface area contributed by atoms with Crippen molar-refractivity contribution < 1.29 is 49.0 Å². The lowest BCUT2D eigenvalue weighted by molar-refractivity contribution is -0.150. The molecule has 0 aromatic carbocycles. The Morgan fingerprint density at radius 2 is 0.741 bits per heavy atom. The second-order valence-electron chi connectivity index (χ2n) is 23.7. The molecule has 1 heterocycles. The van der Waals surface area contributed by atoms with Gasteiger partial charge in [-0.05, 0) is 90.1 Å². The van der Waals surface area contributed by atoms with E-state index in [0.717, 1.165) is 128 Å². The average molecular weight is 1190 g/mol. The maximum atomic E-state index is 12.9. The van der Waals surface area contributed by atoms with Gasteiger partial charge in [0.25, 0.3) is 0 Å². The molecule has 1 aliphatic rings. The summed E-state index contributed by atoms with van der Waals surface area (Å²) in [5.74, 6) is 1.38. The van der Waals surface area contributed by atoms with E-state index >= 15 is 0 Å². The molecule has 0 radical (unpaired) electrons. The minimum atomic E-state index is -0.621. The highest BCUT2D eigenvalue weighted by Gasteiger charge is 2.21. The first-order valence-corrected chi connectivity index (χ1v) is 36.2. The van der Waals surface area contributed by atoms with Crippen molar-refractivity contribution in [3.8, 4) is 0 Å². The van der Waals surface area contributed by atoms with E-state index in [9.17, 15) is 34.8 Å². The van der Waals surface area contributed by atoms with Crippen LogP contribution in [0.1, 0.15) is 266 Å². The molecule has 480 valence electrons. The molecule has 1 saturated heterocycles. The molecule has 16 heteroatoms. The van der Waals surface area contributed by atoms with E-state index < -0.39 is 24.4 Å². The summed E-state index contributed by atoms with van der Waals surface area (Å²) in [4.78, 5) is 46.7. The molecule has 4 unspecified atom stereocenters. The minimum Gasteiger partial charge on any atom is -0.464 e. The van der Waals surface area contributed by atoms with E-state index in [1.807, 2.05) is 49.3 Å². The number of esters is 3. The molecular weight excluding hydrogens is 1060 g/mol.